The van der Waals surface area contributed by atoms with Crippen LogP contribution in [0.4, 0.5) is 5.69 Å². The highest BCUT2D eigenvalue weighted by Gasteiger charge is 2.08. The predicted octanol–water partition coefficient (Wildman–Crippen LogP) is 3.84. The molecule has 2 aromatic carbocycles. The number of hydrogen-bond donors (Lipinski definition) is 3. The fourth-order valence-electron chi connectivity index (χ4n) is 2.92. The average molecular weight is 421 g/mol. The molecule has 0 unspecified atom stereocenters. The van der Waals surface area contributed by atoms with Crippen LogP contribution >= 0.6 is 0 Å². The molecule has 0 atom stereocenters. The molecule has 1 aromatic heterocycles. The molecule has 3 N–H and O–H groups in total. The second-order valence-corrected chi connectivity index (χ2v) is 6.85. The Morgan fingerprint density at radius 3 is 2.39 bits per heavy atom. The van der Waals surface area contributed by atoms with Crippen LogP contribution in [-0.2, 0) is 13.0 Å². The molecule has 0 aliphatic rings. The highest BCUT2D eigenvalue weighted by molar-refractivity contribution is 6.02. The fourth-order valence-corrected chi connectivity index (χ4v) is 2.92. The van der Waals surface area contributed by atoms with Crippen molar-refractivity contribution in [2.24, 2.45) is 4.99 Å². The molecular formula is C24H28N4O3. The topological polar surface area (TPSA) is 87.9 Å². The van der Waals surface area contributed by atoms with Gasteiger partial charge in [-0.25, -0.2) is 4.99 Å². The third-order valence-electron chi connectivity index (χ3n) is 4.59. The van der Waals surface area contributed by atoms with Gasteiger partial charge in [-0.15, -0.1) is 0 Å². The van der Waals surface area contributed by atoms with E-state index in [9.17, 15) is 4.79 Å². The molecule has 0 aliphatic carbocycles. The lowest BCUT2D eigenvalue weighted by atomic mass is 10.1. The van der Waals surface area contributed by atoms with E-state index in [1.807, 2.05) is 43.3 Å². The number of hydrogen-bond acceptors (Lipinski definition) is 4. The number of anilines is 1. The molecule has 0 spiro atoms. The SMILES string of the molecule is CCNC(=NCc1ccc(NC(=O)c2ccco2)cc1)NCCc1ccc(OC)cc1. The van der Waals surface area contributed by atoms with E-state index < -0.39 is 0 Å². The van der Waals surface area contributed by atoms with E-state index in [4.69, 9.17) is 9.15 Å². The Hall–Kier alpha value is -3.74. The van der Waals surface area contributed by atoms with Crippen LogP contribution < -0.4 is 20.7 Å². The number of nitrogens with one attached hydrogen (secondary N) is 3. The van der Waals surface area contributed by atoms with Gasteiger partial charge < -0.3 is 25.1 Å². The molecule has 7 heteroatoms. The molecule has 0 bridgehead atoms. The Bertz CT molecular complexity index is 965. The van der Waals surface area contributed by atoms with E-state index in [1.165, 1.54) is 11.8 Å². The highest BCUT2D eigenvalue weighted by Crippen LogP contribution is 2.13. The number of benzene rings is 2. The van der Waals surface area contributed by atoms with Gasteiger partial charge in [-0.1, -0.05) is 24.3 Å². The molecule has 3 aromatic rings. The van der Waals surface area contributed by atoms with Crippen molar-refractivity contribution in [2.45, 2.75) is 19.9 Å². The number of carbonyl (C=O) groups is 1. The molecular weight excluding hydrogens is 392 g/mol. The summed E-state index contributed by atoms with van der Waals surface area (Å²) in [6.45, 7) is 4.13. The third-order valence-corrected chi connectivity index (χ3v) is 4.59. The largest absolute Gasteiger partial charge is 0.497 e. The van der Waals surface area contributed by atoms with Crippen molar-refractivity contribution in [3.63, 3.8) is 0 Å². The van der Waals surface area contributed by atoms with Crippen molar-refractivity contribution in [3.8, 4) is 5.75 Å². The molecule has 0 saturated carbocycles. The first-order valence-electron chi connectivity index (χ1n) is 10.3. The van der Waals surface area contributed by atoms with Crippen molar-refractivity contribution in [1.29, 1.82) is 0 Å². The highest BCUT2D eigenvalue weighted by atomic mass is 16.5. The standard InChI is InChI=1S/C24H28N4O3/c1-3-25-24(26-15-14-18-8-12-21(30-2)13-9-18)27-17-19-6-10-20(11-7-19)28-23(29)22-5-4-16-31-22/h4-13,16H,3,14-15,17H2,1-2H3,(H,28,29)(H2,25,26,27). The Morgan fingerprint density at radius 1 is 1.00 bits per heavy atom. The van der Waals surface area contributed by atoms with Crippen molar-refractivity contribution in [1.82, 2.24) is 10.6 Å². The number of nitrogens with zero attached hydrogens (tertiary/aromatic N) is 1. The maximum Gasteiger partial charge on any atom is 0.291 e. The lowest BCUT2D eigenvalue weighted by Gasteiger charge is -2.12. The van der Waals surface area contributed by atoms with Crippen LogP contribution in [0, 0.1) is 0 Å². The van der Waals surface area contributed by atoms with Crippen LogP contribution in [0.5, 0.6) is 5.75 Å². The van der Waals surface area contributed by atoms with E-state index in [1.54, 1.807) is 19.2 Å². The van der Waals surface area contributed by atoms with E-state index in [-0.39, 0.29) is 11.7 Å². The number of carbonyl (C=O) groups excluding carboxylic acids is 1. The maximum atomic E-state index is 12.0. The molecule has 162 valence electrons. The van der Waals surface area contributed by atoms with Gasteiger partial charge in [0.2, 0.25) is 0 Å². The van der Waals surface area contributed by atoms with Gasteiger partial charge in [0.1, 0.15) is 5.75 Å². The summed E-state index contributed by atoms with van der Waals surface area (Å²) in [6, 6.07) is 19.0. The molecule has 7 nitrogen and oxygen atoms in total. The van der Waals surface area contributed by atoms with Gasteiger partial charge in [0, 0.05) is 18.8 Å². The average Bonchev–Trinajstić information content (AvgIpc) is 3.34. The zero-order valence-electron chi connectivity index (χ0n) is 17.9. The Kier molecular flexibility index (Phi) is 8.11. The first kappa shape index (κ1) is 22.0. The summed E-state index contributed by atoms with van der Waals surface area (Å²) in [5, 5.41) is 9.43. The number of methoxy groups -OCH3 is 1. The fraction of sp³-hybridized carbons (Fsp3) is 0.250. The molecule has 1 amide bonds. The number of aliphatic imine (C=N–C) groups is 1. The summed E-state index contributed by atoms with van der Waals surface area (Å²) in [7, 11) is 1.67. The van der Waals surface area contributed by atoms with Crippen LogP contribution in [-0.4, -0.2) is 32.1 Å². The third kappa shape index (κ3) is 6.92. The van der Waals surface area contributed by atoms with Gasteiger partial charge in [-0.3, -0.25) is 4.79 Å². The van der Waals surface area contributed by atoms with E-state index in [0.29, 0.717) is 12.2 Å². The molecule has 1 heterocycles. The second-order valence-electron chi connectivity index (χ2n) is 6.85. The van der Waals surface area contributed by atoms with Crippen LogP contribution in [0.3, 0.4) is 0 Å². The van der Waals surface area contributed by atoms with E-state index in [2.05, 4.69) is 33.1 Å². The minimum Gasteiger partial charge on any atom is -0.497 e. The van der Waals surface area contributed by atoms with Crippen molar-refractivity contribution < 1.29 is 13.9 Å². The zero-order chi connectivity index (χ0) is 21.9. The molecule has 0 aliphatic heterocycles. The number of guanidine groups is 1. The van der Waals surface area contributed by atoms with Crippen LogP contribution in [0.15, 0.2) is 76.3 Å². The number of ether oxygens (including phenoxy) is 1. The molecule has 0 fully saturated rings. The Balaban J connectivity index is 1.50. The normalized spacial score (nSPS) is 11.1. The summed E-state index contributed by atoms with van der Waals surface area (Å²) in [5.41, 5.74) is 2.98. The van der Waals surface area contributed by atoms with Crippen molar-refractivity contribution in [2.75, 3.05) is 25.5 Å². The molecule has 3 rings (SSSR count). The number of furan rings is 1. The predicted molar refractivity (Wildman–Crippen MR) is 123 cm³/mol. The van der Waals surface area contributed by atoms with E-state index >= 15 is 0 Å². The molecule has 0 saturated heterocycles. The minimum atomic E-state index is -0.272. The van der Waals surface area contributed by atoms with E-state index in [0.717, 1.165) is 36.8 Å². The zero-order valence-corrected chi connectivity index (χ0v) is 17.9. The minimum absolute atomic E-state index is 0.272. The number of rotatable bonds is 9. The van der Waals surface area contributed by atoms with Crippen LogP contribution in [0.2, 0.25) is 0 Å². The van der Waals surface area contributed by atoms with Gasteiger partial charge in [-0.2, -0.15) is 0 Å². The summed E-state index contributed by atoms with van der Waals surface area (Å²) in [5.74, 6) is 1.64. The monoisotopic (exact) mass is 420 g/mol. The van der Waals surface area contributed by atoms with Crippen molar-refractivity contribution >= 4 is 17.6 Å². The summed E-state index contributed by atoms with van der Waals surface area (Å²) < 4.78 is 10.3. The van der Waals surface area contributed by atoms with Gasteiger partial charge in [-0.05, 0) is 60.9 Å². The first-order chi connectivity index (χ1) is 15.2. The number of amides is 1. The summed E-state index contributed by atoms with van der Waals surface area (Å²) >= 11 is 0. The maximum absolute atomic E-state index is 12.0. The van der Waals surface area contributed by atoms with Crippen molar-refractivity contribution in [3.05, 3.63) is 83.8 Å². The second kappa shape index (κ2) is 11.4. The molecule has 31 heavy (non-hydrogen) atoms. The van der Waals surface area contributed by atoms with Gasteiger partial charge in [0.15, 0.2) is 11.7 Å². The summed E-state index contributed by atoms with van der Waals surface area (Å²) in [4.78, 5) is 16.7. The van der Waals surface area contributed by atoms with Gasteiger partial charge >= 0.3 is 0 Å². The first-order valence-corrected chi connectivity index (χ1v) is 10.3. The van der Waals surface area contributed by atoms with Crippen LogP contribution in [0.1, 0.15) is 28.6 Å². The lowest BCUT2D eigenvalue weighted by molar-refractivity contribution is 0.0996. The lowest BCUT2D eigenvalue weighted by Crippen LogP contribution is -2.38. The Labute approximate surface area is 182 Å². The van der Waals surface area contributed by atoms with Gasteiger partial charge in [0.05, 0.1) is 19.9 Å². The summed E-state index contributed by atoms with van der Waals surface area (Å²) in [6.07, 6.45) is 2.36. The van der Waals surface area contributed by atoms with Gasteiger partial charge in [0.25, 0.3) is 5.91 Å². The Morgan fingerprint density at radius 2 is 1.74 bits per heavy atom. The molecule has 0 radical (unpaired) electrons. The van der Waals surface area contributed by atoms with Crippen LogP contribution in [0.25, 0.3) is 0 Å². The quantitative estimate of drug-likeness (QED) is 0.362. The smallest absolute Gasteiger partial charge is 0.291 e.